The van der Waals surface area contributed by atoms with Gasteiger partial charge in [0, 0.05) is 26.0 Å². The highest BCUT2D eigenvalue weighted by atomic mass is 32.2. The molecular weight excluding hydrogens is 214 g/mol. The van der Waals surface area contributed by atoms with Crippen molar-refractivity contribution in [2.75, 3.05) is 26.0 Å². The van der Waals surface area contributed by atoms with Gasteiger partial charge < -0.3 is 10.1 Å². The number of hydrogen-bond donors (Lipinski definition) is 1. The standard InChI is InChI=1S/C10H21NO3S/c1-10(2,15(3,12)13)8-11-7-9-5-4-6-14-9/h9,11H,4-8H2,1-3H3. The third-order valence-corrected chi connectivity index (χ3v) is 5.10. The molecule has 0 aromatic rings. The van der Waals surface area contributed by atoms with E-state index in [4.69, 9.17) is 4.74 Å². The molecular formula is C10H21NO3S. The summed E-state index contributed by atoms with van der Waals surface area (Å²) in [7, 11) is -3.00. The van der Waals surface area contributed by atoms with Crippen molar-refractivity contribution in [3.63, 3.8) is 0 Å². The fraction of sp³-hybridized carbons (Fsp3) is 1.00. The van der Waals surface area contributed by atoms with Crippen molar-refractivity contribution < 1.29 is 13.2 Å². The van der Waals surface area contributed by atoms with E-state index in [1.165, 1.54) is 6.26 Å². The Labute approximate surface area is 92.3 Å². The summed E-state index contributed by atoms with van der Waals surface area (Å²) in [5.41, 5.74) is 0. The van der Waals surface area contributed by atoms with E-state index in [1.807, 2.05) is 0 Å². The van der Waals surface area contributed by atoms with Gasteiger partial charge in [-0.25, -0.2) is 8.42 Å². The zero-order valence-corrected chi connectivity index (χ0v) is 10.6. The number of nitrogens with one attached hydrogen (secondary N) is 1. The van der Waals surface area contributed by atoms with Gasteiger partial charge in [-0.2, -0.15) is 0 Å². The Morgan fingerprint density at radius 2 is 2.13 bits per heavy atom. The maximum absolute atomic E-state index is 11.4. The topological polar surface area (TPSA) is 55.4 Å². The monoisotopic (exact) mass is 235 g/mol. The minimum absolute atomic E-state index is 0.264. The molecule has 1 aliphatic heterocycles. The molecule has 15 heavy (non-hydrogen) atoms. The third kappa shape index (κ3) is 3.74. The Bertz CT molecular complexity index is 292. The van der Waals surface area contributed by atoms with Gasteiger partial charge in [-0.05, 0) is 26.7 Å². The second-order valence-electron chi connectivity index (χ2n) is 4.80. The predicted molar refractivity (Wildman–Crippen MR) is 60.8 cm³/mol. The molecule has 1 saturated heterocycles. The van der Waals surface area contributed by atoms with Crippen LogP contribution in [0.5, 0.6) is 0 Å². The lowest BCUT2D eigenvalue weighted by Crippen LogP contribution is -2.43. The van der Waals surface area contributed by atoms with Crippen LogP contribution in [0.4, 0.5) is 0 Å². The zero-order valence-electron chi connectivity index (χ0n) is 9.75. The molecule has 0 aromatic heterocycles. The number of ether oxygens (including phenoxy) is 1. The molecule has 0 amide bonds. The summed E-state index contributed by atoms with van der Waals surface area (Å²) in [4.78, 5) is 0. The molecule has 1 fully saturated rings. The molecule has 0 saturated carbocycles. The second-order valence-corrected chi connectivity index (χ2v) is 7.45. The molecule has 0 aliphatic carbocycles. The number of rotatable bonds is 5. The lowest BCUT2D eigenvalue weighted by atomic mass is 10.2. The van der Waals surface area contributed by atoms with E-state index in [0.717, 1.165) is 26.0 Å². The Morgan fingerprint density at radius 1 is 1.47 bits per heavy atom. The Balaban J connectivity index is 2.30. The van der Waals surface area contributed by atoms with E-state index >= 15 is 0 Å². The van der Waals surface area contributed by atoms with Gasteiger partial charge in [-0.3, -0.25) is 0 Å². The van der Waals surface area contributed by atoms with Crippen LogP contribution in [0, 0.1) is 0 Å². The molecule has 0 aromatic carbocycles. The van der Waals surface area contributed by atoms with Gasteiger partial charge in [-0.15, -0.1) is 0 Å². The first-order valence-corrected chi connectivity index (χ1v) is 7.24. The fourth-order valence-corrected chi connectivity index (χ4v) is 1.83. The molecule has 0 radical (unpaired) electrons. The van der Waals surface area contributed by atoms with Gasteiger partial charge in [0.05, 0.1) is 10.9 Å². The first-order valence-electron chi connectivity index (χ1n) is 5.35. The van der Waals surface area contributed by atoms with Crippen LogP contribution < -0.4 is 5.32 Å². The van der Waals surface area contributed by atoms with Crippen molar-refractivity contribution in [1.29, 1.82) is 0 Å². The van der Waals surface area contributed by atoms with E-state index in [-0.39, 0.29) is 6.10 Å². The molecule has 1 N–H and O–H groups in total. The third-order valence-electron chi connectivity index (χ3n) is 2.95. The van der Waals surface area contributed by atoms with Crippen molar-refractivity contribution in [2.24, 2.45) is 0 Å². The average molecular weight is 235 g/mol. The number of sulfone groups is 1. The summed E-state index contributed by atoms with van der Waals surface area (Å²) in [6.07, 6.45) is 3.73. The highest BCUT2D eigenvalue weighted by molar-refractivity contribution is 7.92. The van der Waals surface area contributed by atoms with E-state index in [9.17, 15) is 8.42 Å². The molecule has 1 aliphatic rings. The van der Waals surface area contributed by atoms with Gasteiger partial charge in [0.2, 0.25) is 0 Å². The summed E-state index contributed by atoms with van der Waals surface area (Å²) in [5.74, 6) is 0. The van der Waals surface area contributed by atoms with Crippen molar-refractivity contribution in [3.05, 3.63) is 0 Å². The van der Waals surface area contributed by atoms with Crippen molar-refractivity contribution in [1.82, 2.24) is 5.32 Å². The highest BCUT2D eigenvalue weighted by Gasteiger charge is 2.30. The van der Waals surface area contributed by atoms with Gasteiger partial charge >= 0.3 is 0 Å². The molecule has 5 heteroatoms. The zero-order chi connectivity index (χ0) is 11.5. The Hall–Kier alpha value is -0.130. The lowest BCUT2D eigenvalue weighted by molar-refractivity contribution is 0.110. The largest absolute Gasteiger partial charge is 0.377 e. The fourth-order valence-electron chi connectivity index (χ4n) is 1.47. The summed E-state index contributed by atoms with van der Waals surface area (Å²) < 4.78 is 27.6. The van der Waals surface area contributed by atoms with Crippen molar-refractivity contribution in [2.45, 2.75) is 37.5 Å². The predicted octanol–water partition coefficient (Wildman–Crippen LogP) is 0.578. The van der Waals surface area contributed by atoms with Crippen LogP contribution in [0.3, 0.4) is 0 Å². The van der Waals surface area contributed by atoms with Crippen LogP contribution >= 0.6 is 0 Å². The summed E-state index contributed by atoms with van der Waals surface area (Å²) in [5, 5.41) is 3.17. The summed E-state index contributed by atoms with van der Waals surface area (Å²) >= 11 is 0. The van der Waals surface area contributed by atoms with Gasteiger partial charge in [0.1, 0.15) is 0 Å². The Morgan fingerprint density at radius 3 is 2.60 bits per heavy atom. The Kier molecular flexibility index (Phi) is 4.14. The van der Waals surface area contributed by atoms with Crippen molar-refractivity contribution in [3.8, 4) is 0 Å². The maximum atomic E-state index is 11.4. The molecule has 0 spiro atoms. The highest BCUT2D eigenvalue weighted by Crippen LogP contribution is 2.14. The number of hydrogen-bond acceptors (Lipinski definition) is 4. The lowest BCUT2D eigenvalue weighted by Gasteiger charge is -2.23. The van der Waals surface area contributed by atoms with Crippen molar-refractivity contribution >= 4 is 9.84 Å². The van der Waals surface area contributed by atoms with Crippen LogP contribution in [0.1, 0.15) is 26.7 Å². The molecule has 90 valence electrons. The van der Waals surface area contributed by atoms with Crippen LogP contribution in [0.25, 0.3) is 0 Å². The van der Waals surface area contributed by atoms with Crippen LogP contribution in [0.15, 0.2) is 0 Å². The summed E-state index contributed by atoms with van der Waals surface area (Å²) in [6.45, 7) is 5.54. The SMILES string of the molecule is CC(C)(CNCC1CCCO1)S(C)(=O)=O. The van der Waals surface area contributed by atoms with Crippen LogP contribution in [-0.2, 0) is 14.6 Å². The smallest absolute Gasteiger partial charge is 0.153 e. The van der Waals surface area contributed by atoms with Crippen LogP contribution in [0.2, 0.25) is 0 Å². The molecule has 0 bridgehead atoms. The van der Waals surface area contributed by atoms with Gasteiger partial charge in [-0.1, -0.05) is 0 Å². The summed E-state index contributed by atoms with van der Waals surface area (Å²) in [6, 6.07) is 0. The quantitative estimate of drug-likeness (QED) is 0.757. The van der Waals surface area contributed by atoms with E-state index in [2.05, 4.69) is 5.32 Å². The molecule has 1 heterocycles. The second kappa shape index (κ2) is 4.80. The maximum Gasteiger partial charge on any atom is 0.153 e. The first-order chi connectivity index (χ1) is 6.83. The van der Waals surface area contributed by atoms with Gasteiger partial charge in [0.25, 0.3) is 0 Å². The average Bonchev–Trinajstić information content (AvgIpc) is 2.54. The van der Waals surface area contributed by atoms with E-state index < -0.39 is 14.6 Å². The van der Waals surface area contributed by atoms with Crippen LogP contribution in [-0.4, -0.2) is 45.2 Å². The minimum Gasteiger partial charge on any atom is -0.377 e. The van der Waals surface area contributed by atoms with Gasteiger partial charge in [0.15, 0.2) is 9.84 Å². The molecule has 1 atom stereocenters. The van der Waals surface area contributed by atoms with E-state index in [0.29, 0.717) is 6.54 Å². The normalized spacial score (nSPS) is 23.3. The molecule has 1 rings (SSSR count). The van der Waals surface area contributed by atoms with E-state index in [1.54, 1.807) is 13.8 Å². The first kappa shape index (κ1) is 12.9. The molecule has 1 unspecified atom stereocenters. The minimum atomic E-state index is -3.00. The molecule has 4 nitrogen and oxygen atoms in total.